The van der Waals surface area contributed by atoms with Gasteiger partial charge < -0.3 is 4.90 Å². The zero-order valence-corrected chi connectivity index (χ0v) is 14.0. The van der Waals surface area contributed by atoms with Gasteiger partial charge in [0.2, 0.25) is 10.0 Å². The number of nitrogens with zero attached hydrogens (tertiary/aromatic N) is 2. The predicted octanol–water partition coefficient (Wildman–Crippen LogP) is 0.588. The minimum Gasteiger partial charge on any atom is -0.336 e. The average molecular weight is 343 g/mol. The minimum atomic E-state index is -3.08. The minimum absolute atomic E-state index is 0.0929. The van der Waals surface area contributed by atoms with Crippen LogP contribution < -0.4 is 4.72 Å². The van der Waals surface area contributed by atoms with E-state index in [1.165, 1.54) is 11.3 Å². The molecule has 1 aliphatic carbocycles. The zero-order chi connectivity index (χ0) is 15.6. The molecule has 0 unspecified atom stereocenters. The molecule has 22 heavy (non-hydrogen) atoms. The van der Waals surface area contributed by atoms with Crippen molar-refractivity contribution in [1.29, 1.82) is 0 Å². The van der Waals surface area contributed by atoms with Crippen LogP contribution in [-0.2, 0) is 10.0 Å². The molecule has 1 aromatic rings. The van der Waals surface area contributed by atoms with E-state index in [-0.39, 0.29) is 11.2 Å². The molecule has 2 fully saturated rings. The van der Waals surface area contributed by atoms with Gasteiger partial charge >= 0.3 is 0 Å². The maximum absolute atomic E-state index is 12.2. The summed E-state index contributed by atoms with van der Waals surface area (Å²) >= 11 is 1.53. The van der Waals surface area contributed by atoms with Gasteiger partial charge in [-0.2, -0.15) is 11.3 Å². The lowest BCUT2D eigenvalue weighted by Crippen LogP contribution is -2.50. The molecule has 1 N–H and O–H groups in total. The molecule has 2 aliphatic rings. The molecule has 0 aromatic carbocycles. The number of hydrogen-bond donors (Lipinski definition) is 1. The Morgan fingerprint density at radius 3 is 2.59 bits per heavy atom. The van der Waals surface area contributed by atoms with Gasteiger partial charge in [0.25, 0.3) is 5.91 Å². The first-order valence-corrected chi connectivity index (χ1v) is 10.1. The van der Waals surface area contributed by atoms with Crippen LogP contribution in [0.2, 0.25) is 0 Å². The van der Waals surface area contributed by atoms with E-state index in [1.54, 1.807) is 0 Å². The van der Waals surface area contributed by atoms with Crippen LogP contribution in [-0.4, -0.2) is 68.6 Å². The van der Waals surface area contributed by atoms with Crippen LogP contribution in [0.4, 0.5) is 0 Å². The zero-order valence-electron chi connectivity index (χ0n) is 12.4. The van der Waals surface area contributed by atoms with Gasteiger partial charge in [-0.25, -0.2) is 13.1 Å². The van der Waals surface area contributed by atoms with Gasteiger partial charge in [0.1, 0.15) is 0 Å². The van der Waals surface area contributed by atoms with Crippen molar-refractivity contribution in [3.8, 4) is 0 Å². The van der Waals surface area contributed by atoms with Gasteiger partial charge in [-0.05, 0) is 24.3 Å². The molecule has 0 radical (unpaired) electrons. The predicted molar refractivity (Wildman–Crippen MR) is 86.6 cm³/mol. The smallest absolute Gasteiger partial charge is 0.254 e. The van der Waals surface area contributed by atoms with E-state index in [2.05, 4.69) is 9.62 Å². The Balaban J connectivity index is 1.39. The molecule has 6 nitrogen and oxygen atoms in total. The van der Waals surface area contributed by atoms with Crippen LogP contribution in [0, 0.1) is 0 Å². The first kappa shape index (κ1) is 15.9. The third-order valence-electron chi connectivity index (χ3n) is 4.12. The maximum Gasteiger partial charge on any atom is 0.254 e. The second kappa shape index (κ2) is 6.66. The second-order valence-corrected chi connectivity index (χ2v) is 8.61. The van der Waals surface area contributed by atoms with E-state index < -0.39 is 10.0 Å². The lowest BCUT2D eigenvalue weighted by molar-refractivity contribution is 0.0640. The molecular weight excluding hydrogens is 322 g/mol. The average Bonchev–Trinajstić information content (AvgIpc) is 3.24. The summed E-state index contributed by atoms with van der Waals surface area (Å²) in [5.41, 5.74) is 0.760. The Morgan fingerprint density at radius 2 is 2.00 bits per heavy atom. The number of sulfonamides is 1. The van der Waals surface area contributed by atoms with Crippen LogP contribution in [0.3, 0.4) is 0 Å². The molecule has 2 heterocycles. The Hall–Kier alpha value is -0.960. The number of nitrogens with one attached hydrogen (secondary N) is 1. The fraction of sp³-hybridized carbons (Fsp3) is 0.643. The molecule has 0 bridgehead atoms. The van der Waals surface area contributed by atoms with E-state index >= 15 is 0 Å². The second-order valence-electron chi connectivity index (χ2n) is 5.78. The SMILES string of the molecule is O=C(c1ccsc1)N1CCN(CCNS(=O)(=O)C2CC2)CC1. The highest BCUT2D eigenvalue weighted by Crippen LogP contribution is 2.27. The monoisotopic (exact) mass is 343 g/mol. The molecule has 1 aliphatic heterocycles. The third-order valence-corrected chi connectivity index (χ3v) is 6.76. The van der Waals surface area contributed by atoms with Crippen molar-refractivity contribution in [3.05, 3.63) is 22.4 Å². The first-order chi connectivity index (χ1) is 10.6. The molecule has 1 saturated carbocycles. The van der Waals surface area contributed by atoms with Crippen LogP contribution >= 0.6 is 11.3 Å². The Bertz CT molecular complexity index is 603. The van der Waals surface area contributed by atoms with Gasteiger partial charge in [0.05, 0.1) is 10.8 Å². The van der Waals surface area contributed by atoms with Gasteiger partial charge in [-0.1, -0.05) is 0 Å². The van der Waals surface area contributed by atoms with Crippen molar-refractivity contribution < 1.29 is 13.2 Å². The fourth-order valence-electron chi connectivity index (χ4n) is 2.59. The van der Waals surface area contributed by atoms with E-state index in [0.29, 0.717) is 26.2 Å². The Kier molecular flexibility index (Phi) is 4.82. The van der Waals surface area contributed by atoms with E-state index in [4.69, 9.17) is 0 Å². The molecule has 1 aromatic heterocycles. The van der Waals surface area contributed by atoms with Crippen molar-refractivity contribution in [3.63, 3.8) is 0 Å². The standard InChI is InChI=1S/C14H21N3O3S2/c18-14(12-3-10-21-11-12)17-8-6-16(7-9-17)5-4-15-22(19,20)13-1-2-13/h3,10-11,13,15H,1-2,4-9H2. The molecule has 0 atom stereocenters. The van der Waals surface area contributed by atoms with E-state index in [0.717, 1.165) is 31.5 Å². The van der Waals surface area contributed by atoms with Gasteiger partial charge in [0.15, 0.2) is 0 Å². The normalized spacial score (nSPS) is 20.3. The van der Waals surface area contributed by atoms with E-state index in [1.807, 2.05) is 21.7 Å². The molecule has 3 rings (SSSR count). The van der Waals surface area contributed by atoms with E-state index in [9.17, 15) is 13.2 Å². The van der Waals surface area contributed by atoms with Gasteiger partial charge in [0, 0.05) is 44.6 Å². The number of thiophene rings is 1. The number of piperazine rings is 1. The highest BCUT2D eigenvalue weighted by Gasteiger charge is 2.35. The number of rotatable bonds is 6. The lowest BCUT2D eigenvalue weighted by atomic mass is 10.2. The summed E-state index contributed by atoms with van der Waals surface area (Å²) in [6.45, 7) is 4.14. The highest BCUT2D eigenvalue weighted by atomic mass is 32.2. The molecule has 1 amide bonds. The number of carbonyl (C=O) groups excluding carboxylic acids is 1. The molecule has 122 valence electrons. The van der Waals surface area contributed by atoms with Crippen LogP contribution in [0.15, 0.2) is 16.8 Å². The van der Waals surface area contributed by atoms with Crippen molar-refractivity contribution >= 4 is 27.3 Å². The summed E-state index contributed by atoms with van der Waals surface area (Å²) < 4.78 is 26.1. The first-order valence-electron chi connectivity index (χ1n) is 7.58. The summed E-state index contributed by atoms with van der Waals surface area (Å²) in [5.74, 6) is 0.0929. The number of hydrogen-bond acceptors (Lipinski definition) is 5. The third kappa shape index (κ3) is 3.87. The Morgan fingerprint density at radius 1 is 1.27 bits per heavy atom. The highest BCUT2D eigenvalue weighted by molar-refractivity contribution is 7.90. The van der Waals surface area contributed by atoms with Crippen LogP contribution in [0.1, 0.15) is 23.2 Å². The van der Waals surface area contributed by atoms with Crippen LogP contribution in [0.25, 0.3) is 0 Å². The summed E-state index contributed by atoms with van der Waals surface area (Å²) in [5, 5.41) is 3.63. The largest absolute Gasteiger partial charge is 0.336 e. The quantitative estimate of drug-likeness (QED) is 0.821. The van der Waals surface area contributed by atoms with Crippen LogP contribution in [0.5, 0.6) is 0 Å². The van der Waals surface area contributed by atoms with Gasteiger partial charge in [-0.3, -0.25) is 9.69 Å². The van der Waals surface area contributed by atoms with Gasteiger partial charge in [-0.15, -0.1) is 0 Å². The Labute approximate surface area is 135 Å². The number of carbonyl (C=O) groups is 1. The van der Waals surface area contributed by atoms with Crippen molar-refractivity contribution in [2.24, 2.45) is 0 Å². The maximum atomic E-state index is 12.2. The molecule has 0 spiro atoms. The topological polar surface area (TPSA) is 69.7 Å². The summed E-state index contributed by atoms with van der Waals surface area (Å²) in [6, 6.07) is 1.85. The number of amides is 1. The molecular formula is C14H21N3O3S2. The fourth-order valence-corrected chi connectivity index (χ4v) is 4.58. The molecule has 1 saturated heterocycles. The lowest BCUT2D eigenvalue weighted by Gasteiger charge is -2.34. The summed E-state index contributed by atoms with van der Waals surface area (Å²) in [7, 11) is -3.08. The summed E-state index contributed by atoms with van der Waals surface area (Å²) in [6.07, 6.45) is 1.58. The molecule has 8 heteroatoms. The summed E-state index contributed by atoms with van der Waals surface area (Å²) in [4.78, 5) is 16.3. The van der Waals surface area contributed by atoms with Crippen molar-refractivity contribution in [1.82, 2.24) is 14.5 Å². The van der Waals surface area contributed by atoms with Crippen molar-refractivity contribution in [2.45, 2.75) is 18.1 Å². The van der Waals surface area contributed by atoms with Crippen molar-refractivity contribution in [2.75, 3.05) is 39.3 Å².